The number of carbonyl (C=O) groups excluding carboxylic acids is 1. The minimum atomic E-state index is -0.0501. The van der Waals surface area contributed by atoms with Crippen molar-refractivity contribution < 1.29 is 9.53 Å². The van der Waals surface area contributed by atoms with Crippen molar-refractivity contribution in [2.45, 2.75) is 20.8 Å². The van der Waals surface area contributed by atoms with Crippen molar-refractivity contribution in [3.8, 4) is 5.75 Å². The quantitative estimate of drug-likeness (QED) is 0.617. The molecule has 0 bridgehead atoms. The van der Waals surface area contributed by atoms with Crippen LogP contribution in [-0.4, -0.2) is 36.9 Å². The second kappa shape index (κ2) is 7.50. The third-order valence-electron chi connectivity index (χ3n) is 3.01. The van der Waals surface area contributed by atoms with Crippen LogP contribution in [0.2, 0.25) is 0 Å². The Morgan fingerprint density at radius 2 is 2.00 bits per heavy atom. The molecule has 4 nitrogen and oxygen atoms in total. The number of hydrogen-bond donors (Lipinski definition) is 1. The van der Waals surface area contributed by atoms with E-state index in [4.69, 9.17) is 10.5 Å². The summed E-state index contributed by atoms with van der Waals surface area (Å²) in [4.78, 5) is 13.9. The van der Waals surface area contributed by atoms with Crippen LogP contribution in [0.1, 0.15) is 31.1 Å². The second-order valence-electron chi connectivity index (χ2n) is 4.30. The van der Waals surface area contributed by atoms with Gasteiger partial charge in [-0.2, -0.15) is 0 Å². The SMILES string of the molecule is CCN(CC)CCOc1c(N)cc(Br)cc1C(C)=O. The average molecular weight is 329 g/mol. The Balaban J connectivity index is 2.80. The first-order valence-corrected chi connectivity index (χ1v) is 7.24. The number of benzene rings is 1. The molecule has 5 heteroatoms. The molecule has 0 aliphatic rings. The van der Waals surface area contributed by atoms with Gasteiger partial charge in [0.25, 0.3) is 0 Å². The van der Waals surface area contributed by atoms with Crippen LogP contribution < -0.4 is 10.5 Å². The summed E-state index contributed by atoms with van der Waals surface area (Å²) in [6.45, 7) is 9.04. The summed E-state index contributed by atoms with van der Waals surface area (Å²) in [5, 5.41) is 0. The molecule has 0 radical (unpaired) electrons. The van der Waals surface area contributed by atoms with E-state index in [1.165, 1.54) is 6.92 Å². The summed E-state index contributed by atoms with van der Waals surface area (Å²) in [5.74, 6) is 0.439. The number of carbonyl (C=O) groups is 1. The minimum Gasteiger partial charge on any atom is -0.489 e. The third-order valence-corrected chi connectivity index (χ3v) is 3.47. The van der Waals surface area contributed by atoms with Gasteiger partial charge in [0.1, 0.15) is 6.61 Å². The van der Waals surface area contributed by atoms with Gasteiger partial charge >= 0.3 is 0 Å². The molecular formula is C14H21BrN2O2. The maximum Gasteiger partial charge on any atom is 0.163 e. The van der Waals surface area contributed by atoms with E-state index in [2.05, 4.69) is 34.7 Å². The number of anilines is 1. The third kappa shape index (κ3) is 4.51. The fraction of sp³-hybridized carbons (Fsp3) is 0.500. The van der Waals surface area contributed by atoms with Crippen molar-refractivity contribution in [3.63, 3.8) is 0 Å². The topological polar surface area (TPSA) is 55.6 Å². The monoisotopic (exact) mass is 328 g/mol. The zero-order chi connectivity index (χ0) is 14.4. The van der Waals surface area contributed by atoms with Gasteiger partial charge in [0.2, 0.25) is 0 Å². The molecule has 1 aromatic carbocycles. The maximum atomic E-state index is 11.6. The van der Waals surface area contributed by atoms with Gasteiger partial charge in [-0.1, -0.05) is 29.8 Å². The molecule has 0 saturated heterocycles. The van der Waals surface area contributed by atoms with E-state index in [9.17, 15) is 4.79 Å². The van der Waals surface area contributed by atoms with Gasteiger partial charge in [-0.25, -0.2) is 0 Å². The predicted octanol–water partition coefficient (Wildman–Crippen LogP) is 2.95. The van der Waals surface area contributed by atoms with Gasteiger partial charge in [-0.3, -0.25) is 4.79 Å². The largest absolute Gasteiger partial charge is 0.489 e. The zero-order valence-corrected chi connectivity index (χ0v) is 13.3. The van der Waals surface area contributed by atoms with Crippen LogP contribution in [0.4, 0.5) is 5.69 Å². The summed E-state index contributed by atoms with van der Waals surface area (Å²) in [6, 6.07) is 3.49. The number of nitrogen functional groups attached to an aromatic ring is 1. The molecule has 0 aliphatic carbocycles. The molecule has 19 heavy (non-hydrogen) atoms. The van der Waals surface area contributed by atoms with E-state index < -0.39 is 0 Å². The fourth-order valence-corrected chi connectivity index (χ4v) is 2.33. The first-order valence-electron chi connectivity index (χ1n) is 6.44. The van der Waals surface area contributed by atoms with Crippen LogP contribution in [-0.2, 0) is 0 Å². The van der Waals surface area contributed by atoms with Crippen molar-refractivity contribution in [1.82, 2.24) is 4.90 Å². The van der Waals surface area contributed by atoms with Gasteiger partial charge in [0, 0.05) is 11.0 Å². The Morgan fingerprint density at radius 3 is 2.53 bits per heavy atom. The summed E-state index contributed by atoms with van der Waals surface area (Å²) in [5.41, 5.74) is 6.93. The van der Waals surface area contributed by atoms with Crippen molar-refractivity contribution in [1.29, 1.82) is 0 Å². The van der Waals surface area contributed by atoms with Crippen molar-refractivity contribution in [2.24, 2.45) is 0 Å². The Labute approximate surface area is 123 Å². The predicted molar refractivity (Wildman–Crippen MR) is 81.8 cm³/mol. The number of Topliss-reactive ketones (excluding diaryl/α,β-unsaturated/α-hetero) is 1. The molecule has 2 N–H and O–H groups in total. The molecular weight excluding hydrogens is 308 g/mol. The van der Waals surface area contributed by atoms with E-state index in [0.717, 1.165) is 24.1 Å². The van der Waals surface area contributed by atoms with Crippen molar-refractivity contribution >= 4 is 27.4 Å². The lowest BCUT2D eigenvalue weighted by atomic mass is 10.1. The first kappa shape index (κ1) is 16.0. The van der Waals surface area contributed by atoms with E-state index in [0.29, 0.717) is 23.6 Å². The molecule has 1 aromatic rings. The number of nitrogens with two attached hydrogens (primary N) is 1. The molecule has 0 unspecified atom stereocenters. The highest BCUT2D eigenvalue weighted by molar-refractivity contribution is 9.10. The van der Waals surface area contributed by atoms with E-state index in [1.807, 2.05) is 0 Å². The summed E-state index contributed by atoms with van der Waals surface area (Å²) in [7, 11) is 0. The number of ether oxygens (including phenoxy) is 1. The summed E-state index contributed by atoms with van der Waals surface area (Å²) >= 11 is 3.33. The standard InChI is InChI=1S/C14H21BrN2O2/c1-4-17(5-2)6-7-19-14-12(10(3)18)8-11(15)9-13(14)16/h8-9H,4-7,16H2,1-3H3. The van der Waals surface area contributed by atoms with Gasteiger partial charge in [0.05, 0.1) is 11.3 Å². The molecule has 0 heterocycles. The van der Waals surface area contributed by atoms with Crippen LogP contribution in [0.25, 0.3) is 0 Å². The van der Waals surface area contributed by atoms with Crippen molar-refractivity contribution in [2.75, 3.05) is 32.0 Å². The summed E-state index contributed by atoms with van der Waals surface area (Å²) < 4.78 is 6.49. The lowest BCUT2D eigenvalue weighted by Crippen LogP contribution is -2.28. The number of ketones is 1. The molecule has 0 amide bonds. The van der Waals surface area contributed by atoms with Crippen LogP contribution >= 0.6 is 15.9 Å². The Hall–Kier alpha value is -1.07. The van der Waals surface area contributed by atoms with Crippen molar-refractivity contribution in [3.05, 3.63) is 22.2 Å². The molecule has 1 rings (SSSR count). The number of nitrogens with zero attached hydrogens (tertiary/aromatic N) is 1. The summed E-state index contributed by atoms with van der Waals surface area (Å²) in [6.07, 6.45) is 0. The van der Waals surface area contributed by atoms with Crippen LogP contribution in [0.15, 0.2) is 16.6 Å². The number of hydrogen-bond acceptors (Lipinski definition) is 4. The van der Waals surface area contributed by atoms with E-state index in [1.54, 1.807) is 12.1 Å². The normalized spacial score (nSPS) is 10.8. The van der Waals surface area contributed by atoms with Crippen LogP contribution in [0.3, 0.4) is 0 Å². The van der Waals surface area contributed by atoms with Crippen LogP contribution in [0, 0.1) is 0 Å². The smallest absolute Gasteiger partial charge is 0.163 e. The molecule has 0 aliphatic heterocycles. The van der Waals surface area contributed by atoms with Crippen LogP contribution in [0.5, 0.6) is 5.75 Å². The zero-order valence-electron chi connectivity index (χ0n) is 11.7. The van der Waals surface area contributed by atoms with Gasteiger partial charge in [-0.05, 0) is 32.1 Å². The number of rotatable bonds is 7. The maximum absolute atomic E-state index is 11.6. The number of likely N-dealkylation sites (N-methyl/N-ethyl adjacent to an activating group) is 1. The van der Waals surface area contributed by atoms with Gasteiger partial charge in [-0.15, -0.1) is 0 Å². The lowest BCUT2D eigenvalue weighted by Gasteiger charge is -2.19. The molecule has 0 aromatic heterocycles. The first-order chi connectivity index (χ1) is 8.99. The molecule has 0 spiro atoms. The molecule has 0 fully saturated rings. The van der Waals surface area contributed by atoms with Gasteiger partial charge < -0.3 is 15.4 Å². The number of halogens is 1. The Bertz CT molecular complexity index is 445. The van der Waals surface area contributed by atoms with E-state index >= 15 is 0 Å². The highest BCUT2D eigenvalue weighted by Gasteiger charge is 2.13. The minimum absolute atomic E-state index is 0.0501. The lowest BCUT2D eigenvalue weighted by molar-refractivity contribution is 0.101. The molecule has 0 atom stereocenters. The molecule has 0 saturated carbocycles. The highest BCUT2D eigenvalue weighted by atomic mass is 79.9. The Morgan fingerprint density at radius 1 is 1.37 bits per heavy atom. The Kier molecular flexibility index (Phi) is 6.31. The van der Waals surface area contributed by atoms with E-state index in [-0.39, 0.29) is 5.78 Å². The molecule has 106 valence electrons. The highest BCUT2D eigenvalue weighted by Crippen LogP contribution is 2.31. The van der Waals surface area contributed by atoms with Gasteiger partial charge in [0.15, 0.2) is 11.5 Å². The second-order valence-corrected chi connectivity index (χ2v) is 5.22. The fourth-order valence-electron chi connectivity index (χ4n) is 1.85. The average Bonchev–Trinajstić information content (AvgIpc) is 2.36.